The Balaban J connectivity index is 4.09. The van der Waals surface area contributed by atoms with Crippen molar-refractivity contribution in [2.24, 2.45) is 0 Å². The number of hydrogen-bond donors (Lipinski definition) is 2. The van der Waals surface area contributed by atoms with Crippen molar-refractivity contribution in [2.75, 3.05) is 66.4 Å². The van der Waals surface area contributed by atoms with E-state index in [1.54, 1.807) is 0 Å². The number of carbonyl (C=O) groups is 3. The van der Waals surface area contributed by atoms with E-state index in [1.165, 1.54) is 18.9 Å². The molecule has 25 heavy (non-hydrogen) atoms. The van der Waals surface area contributed by atoms with E-state index in [4.69, 9.17) is 4.74 Å². The zero-order chi connectivity index (χ0) is 19.2. The minimum Gasteiger partial charge on any atom is -0.467 e. The molecule has 8 nitrogen and oxygen atoms in total. The molecule has 0 unspecified atom stereocenters. The van der Waals surface area contributed by atoms with Gasteiger partial charge >= 0.3 is 5.97 Å². The summed E-state index contributed by atoms with van der Waals surface area (Å²) in [6, 6.07) is -0.677. The van der Waals surface area contributed by atoms with Gasteiger partial charge in [0.2, 0.25) is 11.8 Å². The van der Waals surface area contributed by atoms with E-state index in [9.17, 15) is 14.4 Å². The van der Waals surface area contributed by atoms with Crippen molar-refractivity contribution >= 4 is 29.5 Å². The van der Waals surface area contributed by atoms with Crippen molar-refractivity contribution in [3.63, 3.8) is 0 Å². The first-order chi connectivity index (χ1) is 11.8. The Bertz CT molecular complexity index is 419. The van der Waals surface area contributed by atoms with E-state index in [0.29, 0.717) is 37.4 Å². The Kier molecular flexibility index (Phi) is 13.2. The number of esters is 1. The smallest absolute Gasteiger partial charge is 0.328 e. The molecule has 1 atom stereocenters. The highest BCUT2D eigenvalue weighted by Gasteiger charge is 2.21. The van der Waals surface area contributed by atoms with Gasteiger partial charge in [-0.1, -0.05) is 0 Å². The number of nitrogens with zero attached hydrogens (tertiary/aromatic N) is 2. The molecule has 0 fully saturated rings. The molecule has 0 heterocycles. The summed E-state index contributed by atoms with van der Waals surface area (Å²) in [5.41, 5.74) is 0. The molecule has 0 aromatic carbocycles. The Morgan fingerprint density at radius 2 is 1.68 bits per heavy atom. The molecule has 0 aliphatic heterocycles. The number of nitrogens with one attached hydrogen (secondary N) is 2. The maximum Gasteiger partial charge on any atom is 0.328 e. The fraction of sp³-hybridized carbons (Fsp3) is 0.812. The van der Waals surface area contributed by atoms with Crippen molar-refractivity contribution in [3.05, 3.63) is 0 Å². The van der Waals surface area contributed by atoms with Gasteiger partial charge in [-0.2, -0.15) is 11.8 Å². The van der Waals surface area contributed by atoms with Gasteiger partial charge < -0.3 is 25.2 Å². The lowest BCUT2D eigenvalue weighted by Gasteiger charge is -2.17. The zero-order valence-electron chi connectivity index (χ0n) is 16.0. The quantitative estimate of drug-likeness (QED) is 0.252. The average molecular weight is 378 g/mol. The first-order valence-electron chi connectivity index (χ1n) is 8.27. The third kappa shape index (κ3) is 13.6. The number of carbonyl (C=O) groups excluding carboxylic acids is 3. The minimum atomic E-state index is -0.677. The maximum absolute atomic E-state index is 11.9. The van der Waals surface area contributed by atoms with E-state index in [-0.39, 0.29) is 11.8 Å². The second kappa shape index (κ2) is 13.9. The molecular formula is C16H32N4O4S. The summed E-state index contributed by atoms with van der Waals surface area (Å²) < 4.78 is 4.74. The first kappa shape index (κ1) is 23.7. The van der Waals surface area contributed by atoms with Crippen LogP contribution in [-0.2, 0) is 19.1 Å². The molecule has 146 valence electrons. The summed E-state index contributed by atoms with van der Waals surface area (Å²) in [4.78, 5) is 39.2. The van der Waals surface area contributed by atoms with Gasteiger partial charge in [-0.3, -0.25) is 9.59 Å². The third-order valence-electron chi connectivity index (χ3n) is 3.27. The summed E-state index contributed by atoms with van der Waals surface area (Å²) in [5.74, 6) is 0.228. The lowest BCUT2D eigenvalue weighted by atomic mass is 10.2. The molecule has 0 aromatic heterocycles. The summed E-state index contributed by atoms with van der Waals surface area (Å²) in [6.45, 7) is 2.01. The summed E-state index contributed by atoms with van der Waals surface area (Å²) in [5, 5.41) is 5.53. The molecular weight excluding hydrogens is 345 g/mol. The number of hydrogen-bond acceptors (Lipinski definition) is 7. The molecule has 0 saturated heterocycles. The predicted molar refractivity (Wildman–Crippen MR) is 101 cm³/mol. The molecule has 9 heteroatoms. The first-order valence-corrected chi connectivity index (χ1v) is 9.42. The van der Waals surface area contributed by atoms with Crippen molar-refractivity contribution in [1.29, 1.82) is 0 Å². The molecule has 0 saturated carbocycles. The molecule has 0 aromatic rings. The van der Waals surface area contributed by atoms with E-state index < -0.39 is 12.0 Å². The van der Waals surface area contributed by atoms with Gasteiger partial charge in [0, 0.05) is 26.1 Å². The number of thioether (sulfide) groups is 1. The Hall–Kier alpha value is -1.32. The van der Waals surface area contributed by atoms with Gasteiger partial charge in [0.25, 0.3) is 0 Å². The molecule has 2 N–H and O–H groups in total. The molecule has 0 rings (SSSR count). The number of rotatable bonds is 13. The minimum absolute atomic E-state index is 0.0310. The number of likely N-dealkylation sites (N-methyl/N-ethyl adjacent to an activating group) is 1. The Labute approximate surface area is 155 Å². The Morgan fingerprint density at radius 3 is 2.24 bits per heavy atom. The average Bonchev–Trinajstić information content (AvgIpc) is 2.54. The molecule has 0 aliphatic rings. The standard InChI is InChI=1S/C16H32N4O4S/c1-19(2)9-6-14(21)18-13(16(23)24-5)7-11-25-12-15(22)17-8-10-20(3)4/h13H,6-12H2,1-5H3,(H,17,22)(H,18,21)/t13-/m0/s1/i1+1. The van der Waals surface area contributed by atoms with Gasteiger partial charge in [-0.15, -0.1) is 0 Å². The van der Waals surface area contributed by atoms with E-state index in [1.807, 2.05) is 38.0 Å². The van der Waals surface area contributed by atoms with Crippen LogP contribution >= 0.6 is 11.8 Å². The van der Waals surface area contributed by atoms with Gasteiger partial charge in [0.05, 0.1) is 12.9 Å². The molecule has 0 aliphatic carbocycles. The van der Waals surface area contributed by atoms with E-state index >= 15 is 0 Å². The topological polar surface area (TPSA) is 91.0 Å². The highest BCUT2D eigenvalue weighted by atomic mass is 32.2. The number of ether oxygens (including phenoxy) is 1. The number of amides is 2. The van der Waals surface area contributed by atoms with Crippen LogP contribution in [0.4, 0.5) is 0 Å². The van der Waals surface area contributed by atoms with E-state index in [0.717, 1.165) is 6.54 Å². The summed E-state index contributed by atoms with van der Waals surface area (Å²) >= 11 is 1.43. The Morgan fingerprint density at radius 1 is 1.04 bits per heavy atom. The predicted octanol–water partition coefficient (Wildman–Crippen LogP) is -0.603. The maximum atomic E-state index is 11.9. The van der Waals surface area contributed by atoms with Gasteiger partial charge in [-0.05, 0) is 40.4 Å². The van der Waals surface area contributed by atoms with Crippen LogP contribution in [0, 0.1) is 0 Å². The van der Waals surface area contributed by atoms with Gasteiger partial charge in [0.1, 0.15) is 6.04 Å². The summed E-state index contributed by atoms with van der Waals surface area (Å²) in [7, 11) is 8.95. The van der Waals surface area contributed by atoms with Crippen molar-refractivity contribution in [1.82, 2.24) is 20.4 Å². The molecule has 2 amide bonds. The largest absolute Gasteiger partial charge is 0.467 e. The van der Waals surface area contributed by atoms with Crippen molar-refractivity contribution in [2.45, 2.75) is 18.9 Å². The second-order valence-corrected chi connectivity index (χ2v) is 7.30. The monoisotopic (exact) mass is 377 g/mol. The lowest BCUT2D eigenvalue weighted by Crippen LogP contribution is -2.42. The van der Waals surface area contributed by atoms with Crippen LogP contribution in [0.1, 0.15) is 12.8 Å². The molecule has 0 radical (unpaired) electrons. The van der Waals surface area contributed by atoms with Crippen LogP contribution in [0.5, 0.6) is 0 Å². The van der Waals surface area contributed by atoms with Crippen LogP contribution in [0.2, 0.25) is 0 Å². The molecule has 0 bridgehead atoms. The fourth-order valence-electron chi connectivity index (χ4n) is 1.82. The van der Waals surface area contributed by atoms with Crippen LogP contribution in [0.25, 0.3) is 0 Å². The summed E-state index contributed by atoms with van der Waals surface area (Å²) in [6.07, 6.45) is 0.748. The molecule has 0 spiro atoms. The highest BCUT2D eigenvalue weighted by Crippen LogP contribution is 2.06. The SMILES string of the molecule is COC(=O)[C@H](CCSCC(=O)NCCN(C)C)NC(=O)CCN(C)[13CH3]. The van der Waals surface area contributed by atoms with Crippen LogP contribution in [0.3, 0.4) is 0 Å². The van der Waals surface area contributed by atoms with Crippen LogP contribution in [-0.4, -0.2) is 100 Å². The van der Waals surface area contributed by atoms with Crippen molar-refractivity contribution < 1.29 is 19.1 Å². The third-order valence-corrected chi connectivity index (χ3v) is 4.26. The zero-order valence-corrected chi connectivity index (χ0v) is 16.8. The van der Waals surface area contributed by atoms with Crippen molar-refractivity contribution in [3.8, 4) is 0 Å². The highest BCUT2D eigenvalue weighted by molar-refractivity contribution is 7.99. The fourth-order valence-corrected chi connectivity index (χ4v) is 2.65. The van der Waals surface area contributed by atoms with Crippen LogP contribution < -0.4 is 10.6 Å². The van der Waals surface area contributed by atoms with Crippen LogP contribution in [0.15, 0.2) is 0 Å². The second-order valence-electron chi connectivity index (χ2n) is 6.19. The van der Waals surface area contributed by atoms with Gasteiger partial charge in [0.15, 0.2) is 0 Å². The lowest BCUT2D eigenvalue weighted by molar-refractivity contribution is -0.145. The normalized spacial score (nSPS) is 12.1. The number of methoxy groups -OCH3 is 1. The van der Waals surface area contributed by atoms with Gasteiger partial charge in [-0.25, -0.2) is 4.79 Å². The van der Waals surface area contributed by atoms with E-state index in [2.05, 4.69) is 10.6 Å².